The van der Waals surface area contributed by atoms with Crippen LogP contribution in [0.1, 0.15) is 5.69 Å². The van der Waals surface area contributed by atoms with Crippen LogP contribution in [-0.2, 0) is 11.2 Å². The summed E-state index contributed by atoms with van der Waals surface area (Å²) in [6.07, 6.45) is -0.159. The molecule has 2 heterocycles. The van der Waals surface area contributed by atoms with Gasteiger partial charge in [-0.25, -0.2) is 0 Å². The minimum atomic E-state index is -0.944. The van der Waals surface area contributed by atoms with Crippen LogP contribution in [0.2, 0.25) is 0 Å². The van der Waals surface area contributed by atoms with E-state index in [1.807, 2.05) is 0 Å². The molecule has 0 atom stereocenters. The Labute approximate surface area is 102 Å². The van der Waals surface area contributed by atoms with Gasteiger partial charge in [-0.1, -0.05) is 5.16 Å². The van der Waals surface area contributed by atoms with Gasteiger partial charge in [0.2, 0.25) is 6.79 Å². The number of benzene rings is 1. The summed E-state index contributed by atoms with van der Waals surface area (Å²) in [7, 11) is 0. The number of fused-ring (bicyclic) bond motifs is 1. The first kappa shape index (κ1) is 10.6. The lowest BCUT2D eigenvalue weighted by Crippen LogP contribution is -1.99. The molecule has 3 rings (SSSR count). The molecule has 0 bridgehead atoms. The number of nitrogens with zero attached hydrogens (tertiary/aromatic N) is 1. The van der Waals surface area contributed by atoms with Crippen molar-refractivity contribution in [3.63, 3.8) is 0 Å². The number of aliphatic carboxylic acids is 1. The molecule has 0 saturated carbocycles. The fourth-order valence-corrected chi connectivity index (χ4v) is 1.74. The molecule has 0 amide bonds. The molecule has 1 aliphatic heterocycles. The lowest BCUT2D eigenvalue weighted by Gasteiger charge is -1.98. The molecule has 0 saturated heterocycles. The average Bonchev–Trinajstić information content (AvgIpc) is 2.95. The molecule has 1 aliphatic rings. The van der Waals surface area contributed by atoms with Gasteiger partial charge in [-0.15, -0.1) is 0 Å². The van der Waals surface area contributed by atoms with Gasteiger partial charge in [-0.3, -0.25) is 4.79 Å². The van der Waals surface area contributed by atoms with E-state index in [9.17, 15) is 4.79 Å². The van der Waals surface area contributed by atoms with Gasteiger partial charge in [-0.2, -0.15) is 0 Å². The number of carboxylic acid groups (broad SMARTS) is 1. The van der Waals surface area contributed by atoms with Gasteiger partial charge in [0.05, 0.1) is 12.1 Å². The first-order chi connectivity index (χ1) is 8.72. The number of rotatable bonds is 3. The molecule has 0 spiro atoms. The number of hydrogen-bond acceptors (Lipinski definition) is 5. The maximum atomic E-state index is 10.5. The second-order valence-electron chi connectivity index (χ2n) is 3.82. The predicted octanol–water partition coefficient (Wildman–Crippen LogP) is 1.70. The summed E-state index contributed by atoms with van der Waals surface area (Å²) < 4.78 is 15.6. The van der Waals surface area contributed by atoms with Crippen molar-refractivity contribution in [2.24, 2.45) is 0 Å². The summed E-state index contributed by atoms with van der Waals surface area (Å²) in [5.74, 6) is 0.887. The Morgan fingerprint density at radius 1 is 1.28 bits per heavy atom. The number of hydrogen-bond donors (Lipinski definition) is 1. The molecule has 6 heteroatoms. The maximum Gasteiger partial charge on any atom is 0.309 e. The van der Waals surface area contributed by atoms with Gasteiger partial charge >= 0.3 is 5.97 Å². The summed E-state index contributed by atoms with van der Waals surface area (Å²) in [5, 5.41) is 12.4. The van der Waals surface area contributed by atoms with E-state index in [1.165, 1.54) is 0 Å². The summed E-state index contributed by atoms with van der Waals surface area (Å²) in [5.41, 5.74) is 1.15. The van der Waals surface area contributed by atoms with Crippen LogP contribution in [0.3, 0.4) is 0 Å². The van der Waals surface area contributed by atoms with Crippen molar-refractivity contribution in [2.45, 2.75) is 6.42 Å². The molecule has 0 radical (unpaired) electrons. The van der Waals surface area contributed by atoms with Gasteiger partial charge in [0, 0.05) is 11.6 Å². The SMILES string of the molecule is O=C(O)Cc1cc(-c2ccc3c(c2)OCO3)on1. The molecule has 6 nitrogen and oxygen atoms in total. The van der Waals surface area contributed by atoms with Gasteiger partial charge in [0.1, 0.15) is 0 Å². The molecule has 2 aromatic rings. The van der Waals surface area contributed by atoms with E-state index >= 15 is 0 Å². The molecule has 0 aliphatic carbocycles. The summed E-state index contributed by atoms with van der Waals surface area (Å²) in [6, 6.07) is 6.95. The minimum Gasteiger partial charge on any atom is -0.481 e. The van der Waals surface area contributed by atoms with Gasteiger partial charge in [0.15, 0.2) is 17.3 Å². The van der Waals surface area contributed by atoms with Crippen molar-refractivity contribution < 1.29 is 23.9 Å². The van der Waals surface area contributed by atoms with Gasteiger partial charge in [-0.05, 0) is 18.2 Å². The largest absolute Gasteiger partial charge is 0.481 e. The van der Waals surface area contributed by atoms with E-state index in [1.54, 1.807) is 24.3 Å². The van der Waals surface area contributed by atoms with E-state index in [0.717, 1.165) is 5.56 Å². The fourth-order valence-electron chi connectivity index (χ4n) is 1.74. The van der Waals surface area contributed by atoms with Crippen molar-refractivity contribution in [1.82, 2.24) is 5.16 Å². The second kappa shape index (κ2) is 4.06. The van der Waals surface area contributed by atoms with Crippen LogP contribution in [0, 0.1) is 0 Å². The Bertz CT molecular complexity index is 604. The molecule has 1 aromatic carbocycles. The summed E-state index contributed by atoms with van der Waals surface area (Å²) in [4.78, 5) is 10.5. The van der Waals surface area contributed by atoms with Crippen LogP contribution >= 0.6 is 0 Å². The van der Waals surface area contributed by atoms with Gasteiger partial charge in [0.25, 0.3) is 0 Å². The highest BCUT2D eigenvalue weighted by Crippen LogP contribution is 2.35. The van der Waals surface area contributed by atoms with E-state index in [2.05, 4.69) is 5.16 Å². The molecule has 1 aromatic heterocycles. The standard InChI is InChI=1S/C12H9NO5/c14-12(15)5-8-4-10(18-13-8)7-1-2-9-11(3-7)17-6-16-9/h1-4H,5-6H2,(H,14,15). The van der Waals surface area contributed by atoms with Crippen LogP contribution in [0.15, 0.2) is 28.8 Å². The maximum absolute atomic E-state index is 10.5. The van der Waals surface area contributed by atoms with Crippen LogP contribution in [0.25, 0.3) is 11.3 Å². The Morgan fingerprint density at radius 2 is 2.11 bits per heavy atom. The molecule has 18 heavy (non-hydrogen) atoms. The van der Waals surface area contributed by atoms with Crippen LogP contribution < -0.4 is 9.47 Å². The Hall–Kier alpha value is -2.50. The Kier molecular flexibility index (Phi) is 2.40. The smallest absolute Gasteiger partial charge is 0.309 e. The normalized spacial score (nSPS) is 12.7. The van der Waals surface area contributed by atoms with Crippen LogP contribution in [0.4, 0.5) is 0 Å². The third-order valence-corrected chi connectivity index (χ3v) is 2.55. The number of carboxylic acids is 1. The van der Waals surface area contributed by atoms with Crippen molar-refractivity contribution in [2.75, 3.05) is 6.79 Å². The molecule has 0 unspecified atom stereocenters. The zero-order valence-electron chi connectivity index (χ0n) is 9.25. The van der Waals surface area contributed by atoms with Crippen molar-refractivity contribution >= 4 is 5.97 Å². The lowest BCUT2D eigenvalue weighted by molar-refractivity contribution is -0.136. The van der Waals surface area contributed by atoms with Gasteiger partial charge < -0.3 is 19.1 Å². The zero-order chi connectivity index (χ0) is 12.5. The first-order valence-corrected chi connectivity index (χ1v) is 5.30. The first-order valence-electron chi connectivity index (χ1n) is 5.30. The van der Waals surface area contributed by atoms with Crippen molar-refractivity contribution in [1.29, 1.82) is 0 Å². The van der Waals surface area contributed by atoms with Crippen molar-refractivity contribution in [3.05, 3.63) is 30.0 Å². The number of aromatic nitrogens is 1. The molecular formula is C12H9NO5. The molecular weight excluding hydrogens is 238 g/mol. The van der Waals surface area contributed by atoms with Crippen molar-refractivity contribution in [3.8, 4) is 22.8 Å². The Balaban J connectivity index is 1.90. The highest BCUT2D eigenvalue weighted by atomic mass is 16.7. The number of carbonyl (C=O) groups is 1. The van der Waals surface area contributed by atoms with E-state index in [0.29, 0.717) is 23.0 Å². The molecule has 1 N–H and O–H groups in total. The van der Waals surface area contributed by atoms with Crippen LogP contribution in [0.5, 0.6) is 11.5 Å². The third kappa shape index (κ3) is 1.88. The van der Waals surface area contributed by atoms with E-state index < -0.39 is 5.97 Å². The highest BCUT2D eigenvalue weighted by Gasteiger charge is 2.16. The van der Waals surface area contributed by atoms with Crippen LogP contribution in [-0.4, -0.2) is 23.0 Å². The topological polar surface area (TPSA) is 81.8 Å². The average molecular weight is 247 g/mol. The zero-order valence-corrected chi connectivity index (χ0v) is 9.25. The monoisotopic (exact) mass is 247 g/mol. The summed E-state index contributed by atoms with van der Waals surface area (Å²) >= 11 is 0. The highest BCUT2D eigenvalue weighted by molar-refractivity contribution is 5.70. The van der Waals surface area contributed by atoms with E-state index in [4.69, 9.17) is 19.1 Å². The second-order valence-corrected chi connectivity index (χ2v) is 3.82. The minimum absolute atomic E-state index is 0.159. The fraction of sp³-hybridized carbons (Fsp3) is 0.167. The Morgan fingerprint density at radius 3 is 2.94 bits per heavy atom. The predicted molar refractivity (Wildman–Crippen MR) is 59.4 cm³/mol. The third-order valence-electron chi connectivity index (χ3n) is 2.55. The molecule has 0 fully saturated rings. The van der Waals surface area contributed by atoms with E-state index in [-0.39, 0.29) is 13.2 Å². The summed E-state index contributed by atoms with van der Waals surface area (Å²) in [6.45, 7) is 0.208. The molecule has 92 valence electrons. The number of ether oxygens (including phenoxy) is 2. The lowest BCUT2D eigenvalue weighted by atomic mass is 10.1. The quantitative estimate of drug-likeness (QED) is 0.888.